The van der Waals surface area contributed by atoms with Crippen LogP contribution >= 0.6 is 0 Å². The monoisotopic (exact) mass is 573 g/mol. The molecule has 0 aliphatic carbocycles. The number of para-hydroxylation sites is 3. The molecule has 0 aliphatic rings. The van der Waals surface area contributed by atoms with E-state index in [4.69, 9.17) is 17.8 Å². The Morgan fingerprint density at radius 2 is 0.909 bits per heavy atom. The van der Waals surface area contributed by atoms with Crippen LogP contribution in [0.2, 0.25) is 0 Å². The Labute approximate surface area is 273 Å². The molecule has 0 spiro atoms. The van der Waals surface area contributed by atoms with E-state index in [1.54, 1.807) is 24.3 Å². The second kappa shape index (κ2) is 9.86. The topological polar surface area (TPSA) is 9.86 Å². The number of fused-ring (bicyclic) bond motifs is 6. The van der Waals surface area contributed by atoms with Crippen LogP contribution in [0, 0.1) is 0 Å². The highest BCUT2D eigenvalue weighted by atomic mass is 15.0. The Bertz CT molecular complexity index is 3130. The molecule has 0 unspecified atom stereocenters. The number of hydrogen-bond donors (Lipinski definition) is 0. The second-order valence-corrected chi connectivity index (χ2v) is 10.5. The summed E-state index contributed by atoms with van der Waals surface area (Å²) < 4.78 is 114. The molecule has 2 heteroatoms. The van der Waals surface area contributed by atoms with Gasteiger partial charge >= 0.3 is 0 Å². The van der Waals surface area contributed by atoms with E-state index in [-0.39, 0.29) is 51.5 Å². The van der Waals surface area contributed by atoms with Crippen molar-refractivity contribution in [3.8, 4) is 33.6 Å². The summed E-state index contributed by atoms with van der Waals surface area (Å²) in [5.74, 6) is 0. The molecule has 0 bridgehead atoms. The van der Waals surface area contributed by atoms with Gasteiger partial charge in [-0.3, -0.25) is 0 Å². The van der Waals surface area contributed by atoms with Crippen molar-refractivity contribution in [2.45, 2.75) is 0 Å². The molecule has 0 fully saturated rings. The molecule has 0 aliphatic heterocycles. The van der Waals surface area contributed by atoms with Crippen LogP contribution in [0.15, 0.2) is 170 Å². The summed E-state index contributed by atoms with van der Waals surface area (Å²) in [6.07, 6.45) is 0. The highest BCUT2D eigenvalue weighted by Crippen LogP contribution is 2.37. The SMILES string of the molecule is [2H]c1c([2H])c([2H])c(-c2cccc(-c3cccc(-n4c5ccccc5c5cc(-n6c7c([2H])c([2H])c([2H])c([2H])c7c7c([2H])c([2H])c([2H])c([2H])c76)ccc54)c3)c2)c([2H])c1[2H]. The smallest absolute Gasteiger partial charge is 0.0645 e. The van der Waals surface area contributed by atoms with Gasteiger partial charge in [0.2, 0.25) is 0 Å². The first-order valence-electron chi connectivity index (χ1n) is 20.5. The number of rotatable bonds is 4. The molecular weight excluding hydrogens is 532 g/mol. The molecule has 0 radical (unpaired) electrons. The van der Waals surface area contributed by atoms with Gasteiger partial charge in [0.05, 0.1) is 39.9 Å². The zero-order valence-electron chi connectivity index (χ0n) is 36.1. The van der Waals surface area contributed by atoms with E-state index in [1.165, 1.54) is 4.57 Å². The Morgan fingerprint density at radius 1 is 0.341 bits per heavy atom. The van der Waals surface area contributed by atoms with Crippen molar-refractivity contribution in [1.29, 1.82) is 0 Å². The lowest BCUT2D eigenvalue weighted by molar-refractivity contribution is 1.17. The average Bonchev–Trinajstić information content (AvgIpc) is 3.76. The quantitative estimate of drug-likeness (QED) is 0.198. The maximum Gasteiger partial charge on any atom is 0.0645 e. The highest BCUT2D eigenvalue weighted by Gasteiger charge is 2.16. The predicted molar refractivity (Wildman–Crippen MR) is 186 cm³/mol. The molecule has 9 rings (SSSR count). The van der Waals surface area contributed by atoms with E-state index in [1.807, 2.05) is 66.7 Å². The van der Waals surface area contributed by atoms with Crippen molar-refractivity contribution in [2.24, 2.45) is 0 Å². The van der Waals surface area contributed by atoms with E-state index in [0.29, 0.717) is 11.3 Å². The molecular formula is C42H28N2. The van der Waals surface area contributed by atoms with Crippen molar-refractivity contribution in [1.82, 2.24) is 9.13 Å². The molecule has 0 amide bonds. The summed E-state index contributed by atoms with van der Waals surface area (Å²) >= 11 is 0. The predicted octanol–water partition coefficient (Wildman–Crippen LogP) is 11.2. The first kappa shape index (κ1) is 15.0. The third kappa shape index (κ3) is 3.82. The third-order valence-corrected chi connectivity index (χ3v) is 8.04. The van der Waals surface area contributed by atoms with Gasteiger partial charge in [0, 0.05) is 32.9 Å². The average molecular weight is 574 g/mol. The molecule has 0 saturated heterocycles. The van der Waals surface area contributed by atoms with Crippen LogP contribution in [-0.2, 0) is 0 Å². The molecule has 7 aromatic carbocycles. The van der Waals surface area contributed by atoms with Crippen LogP contribution < -0.4 is 0 Å². The fourth-order valence-electron chi connectivity index (χ4n) is 6.13. The molecule has 44 heavy (non-hydrogen) atoms. The minimum absolute atomic E-state index is 0.0120. The fraction of sp³-hybridized carbons (Fsp3) is 0. The van der Waals surface area contributed by atoms with Gasteiger partial charge in [-0.25, -0.2) is 0 Å². The van der Waals surface area contributed by atoms with Crippen LogP contribution in [0.4, 0.5) is 0 Å². The van der Waals surface area contributed by atoms with Crippen molar-refractivity contribution in [2.75, 3.05) is 0 Å². The summed E-state index contributed by atoms with van der Waals surface area (Å²) in [5, 5.41) is 1.68. The number of benzene rings is 7. The second-order valence-electron chi connectivity index (χ2n) is 10.5. The lowest BCUT2D eigenvalue weighted by Gasteiger charge is -2.12. The molecule has 2 nitrogen and oxygen atoms in total. The molecule has 0 atom stereocenters. The van der Waals surface area contributed by atoms with Gasteiger partial charge < -0.3 is 9.13 Å². The van der Waals surface area contributed by atoms with Gasteiger partial charge in [-0.2, -0.15) is 0 Å². The lowest BCUT2D eigenvalue weighted by Crippen LogP contribution is -1.96. The fourth-order valence-corrected chi connectivity index (χ4v) is 6.13. The summed E-state index contributed by atoms with van der Waals surface area (Å²) in [6.45, 7) is 0. The number of nitrogens with zero attached hydrogens (tertiary/aromatic N) is 2. The van der Waals surface area contributed by atoms with E-state index in [9.17, 15) is 0 Å². The van der Waals surface area contributed by atoms with Crippen molar-refractivity contribution in [3.05, 3.63) is 170 Å². The zero-order valence-corrected chi connectivity index (χ0v) is 23.1. The molecule has 0 N–H and O–H groups in total. The molecule has 2 aromatic heterocycles. The van der Waals surface area contributed by atoms with Crippen LogP contribution in [0.3, 0.4) is 0 Å². The van der Waals surface area contributed by atoms with Gasteiger partial charge in [-0.1, -0.05) is 115 Å². The van der Waals surface area contributed by atoms with Gasteiger partial charge in [0.25, 0.3) is 0 Å². The first-order chi connectivity index (χ1) is 27.2. The number of hydrogen-bond acceptors (Lipinski definition) is 0. The zero-order chi connectivity index (χ0) is 40.3. The minimum atomic E-state index is -0.500. The summed E-state index contributed by atoms with van der Waals surface area (Å²) in [4.78, 5) is 0. The van der Waals surface area contributed by atoms with Crippen LogP contribution in [-0.4, -0.2) is 9.13 Å². The molecule has 0 saturated carbocycles. The van der Waals surface area contributed by atoms with E-state index in [2.05, 4.69) is 4.57 Å². The van der Waals surface area contributed by atoms with Gasteiger partial charge in [-0.15, -0.1) is 0 Å². The Kier molecular flexibility index (Phi) is 3.37. The molecule has 2 heterocycles. The van der Waals surface area contributed by atoms with Crippen molar-refractivity contribution in [3.63, 3.8) is 0 Å². The minimum Gasteiger partial charge on any atom is -0.309 e. The van der Waals surface area contributed by atoms with Crippen molar-refractivity contribution >= 4 is 43.6 Å². The summed E-state index contributed by atoms with van der Waals surface area (Å²) in [5.41, 5.74) is 5.19. The lowest BCUT2D eigenvalue weighted by atomic mass is 9.99. The highest BCUT2D eigenvalue weighted by molar-refractivity contribution is 6.12. The summed E-state index contributed by atoms with van der Waals surface area (Å²) in [6, 6.07) is 23.0. The van der Waals surface area contributed by atoms with Gasteiger partial charge in [-0.05, 0) is 76.8 Å². The Morgan fingerprint density at radius 3 is 1.68 bits per heavy atom. The maximum atomic E-state index is 8.93. The third-order valence-electron chi connectivity index (χ3n) is 8.04. The summed E-state index contributed by atoms with van der Waals surface area (Å²) in [7, 11) is 0. The van der Waals surface area contributed by atoms with Crippen LogP contribution in [0.25, 0.3) is 77.2 Å². The molecule has 9 aromatic rings. The van der Waals surface area contributed by atoms with Gasteiger partial charge in [0.15, 0.2) is 0 Å². The van der Waals surface area contributed by atoms with Crippen molar-refractivity contribution < 1.29 is 17.8 Å². The number of aromatic nitrogens is 2. The Hall–Kier alpha value is -5.86. The van der Waals surface area contributed by atoms with E-state index >= 15 is 0 Å². The van der Waals surface area contributed by atoms with Crippen LogP contribution in [0.1, 0.15) is 17.8 Å². The van der Waals surface area contributed by atoms with Crippen LogP contribution in [0.5, 0.6) is 0 Å². The normalized spacial score (nSPS) is 15.8. The standard InChI is InChI=1S/C42H28N2/c1-2-12-29(13-3-1)30-14-10-15-31(26-30)32-16-11-17-33(27-32)43-41-23-9-6-20-37(41)38-28-34(24-25-42(38)43)44-39-21-7-4-18-35(39)36-19-5-8-22-40(36)44/h1-28H/i1D,2D,3D,4D,5D,7D,8D,12D,13D,18D,19D,21D,22D. The van der Waals surface area contributed by atoms with E-state index in [0.717, 1.165) is 38.6 Å². The van der Waals surface area contributed by atoms with E-state index < -0.39 is 54.4 Å². The molecule has 206 valence electrons. The maximum absolute atomic E-state index is 8.93. The van der Waals surface area contributed by atoms with Gasteiger partial charge in [0.1, 0.15) is 0 Å². The Balaban J connectivity index is 1.26. The first-order valence-corrected chi connectivity index (χ1v) is 14.0. The largest absolute Gasteiger partial charge is 0.309 e.